The van der Waals surface area contributed by atoms with E-state index in [0.29, 0.717) is 12.0 Å². The molecule has 1 aliphatic carbocycles. The van der Waals surface area contributed by atoms with Gasteiger partial charge in [0.1, 0.15) is 0 Å². The van der Waals surface area contributed by atoms with Crippen LogP contribution in [0.15, 0.2) is 0 Å². The van der Waals surface area contributed by atoms with E-state index in [0.717, 1.165) is 32.2 Å². The second kappa shape index (κ2) is 8.93. The highest BCUT2D eigenvalue weighted by Crippen LogP contribution is 2.32. The van der Waals surface area contributed by atoms with Gasteiger partial charge in [0.15, 0.2) is 0 Å². The molecule has 1 aliphatic heterocycles. The average molecular weight is 269 g/mol. The van der Waals surface area contributed by atoms with Gasteiger partial charge < -0.3 is 14.8 Å². The van der Waals surface area contributed by atoms with Crippen LogP contribution < -0.4 is 5.32 Å². The first-order valence-electron chi connectivity index (χ1n) is 8.21. The first kappa shape index (κ1) is 15.3. The summed E-state index contributed by atoms with van der Waals surface area (Å²) in [6.07, 6.45) is 11.6. The third-order valence-corrected chi connectivity index (χ3v) is 4.76. The minimum atomic E-state index is 0.506. The van der Waals surface area contributed by atoms with Crippen molar-refractivity contribution in [3.8, 4) is 0 Å². The standard InChI is InChI=1S/C16H31NO2/c1-18-11-9-17-13-15-8-5-10-19-16(15)12-14-6-3-2-4-7-14/h14-17H,2-13H2,1H3. The highest BCUT2D eigenvalue weighted by molar-refractivity contribution is 4.80. The van der Waals surface area contributed by atoms with E-state index in [4.69, 9.17) is 9.47 Å². The van der Waals surface area contributed by atoms with Gasteiger partial charge in [0, 0.05) is 26.8 Å². The molecule has 0 aromatic carbocycles. The van der Waals surface area contributed by atoms with Crippen molar-refractivity contribution < 1.29 is 9.47 Å². The SMILES string of the molecule is COCCNCC1CCCOC1CC1CCCCC1. The van der Waals surface area contributed by atoms with Gasteiger partial charge in [0.2, 0.25) is 0 Å². The maximum atomic E-state index is 6.08. The van der Waals surface area contributed by atoms with E-state index in [1.165, 1.54) is 51.4 Å². The summed E-state index contributed by atoms with van der Waals surface area (Å²) < 4.78 is 11.2. The molecule has 0 bridgehead atoms. The monoisotopic (exact) mass is 269 g/mol. The maximum absolute atomic E-state index is 6.08. The molecular formula is C16H31NO2. The Kier molecular flexibility index (Phi) is 7.18. The molecule has 19 heavy (non-hydrogen) atoms. The lowest BCUT2D eigenvalue weighted by molar-refractivity contribution is -0.0413. The van der Waals surface area contributed by atoms with Crippen LogP contribution in [0.3, 0.4) is 0 Å². The van der Waals surface area contributed by atoms with E-state index in [9.17, 15) is 0 Å². The topological polar surface area (TPSA) is 30.5 Å². The lowest BCUT2D eigenvalue weighted by Crippen LogP contribution is -2.39. The summed E-state index contributed by atoms with van der Waals surface area (Å²) in [5, 5.41) is 3.52. The van der Waals surface area contributed by atoms with Crippen molar-refractivity contribution in [3.63, 3.8) is 0 Å². The smallest absolute Gasteiger partial charge is 0.0618 e. The summed E-state index contributed by atoms with van der Waals surface area (Å²) in [5.74, 6) is 1.64. The molecule has 3 nitrogen and oxygen atoms in total. The zero-order valence-electron chi connectivity index (χ0n) is 12.5. The average Bonchev–Trinajstić information content (AvgIpc) is 2.46. The van der Waals surface area contributed by atoms with Crippen molar-refractivity contribution >= 4 is 0 Å². The minimum absolute atomic E-state index is 0.506. The van der Waals surface area contributed by atoms with Crippen LogP contribution in [0.2, 0.25) is 0 Å². The third kappa shape index (κ3) is 5.41. The van der Waals surface area contributed by atoms with Crippen molar-refractivity contribution in [2.24, 2.45) is 11.8 Å². The van der Waals surface area contributed by atoms with Gasteiger partial charge in [-0.3, -0.25) is 0 Å². The molecule has 1 heterocycles. The number of hydrogen-bond acceptors (Lipinski definition) is 3. The molecule has 1 N–H and O–H groups in total. The van der Waals surface area contributed by atoms with E-state index in [2.05, 4.69) is 5.32 Å². The van der Waals surface area contributed by atoms with Gasteiger partial charge in [-0.2, -0.15) is 0 Å². The van der Waals surface area contributed by atoms with E-state index in [-0.39, 0.29) is 0 Å². The Bertz CT molecular complexity index is 229. The Balaban J connectivity index is 1.71. The number of methoxy groups -OCH3 is 1. The normalized spacial score (nSPS) is 29.5. The molecule has 1 saturated heterocycles. The van der Waals surface area contributed by atoms with Crippen LogP contribution in [0.5, 0.6) is 0 Å². The van der Waals surface area contributed by atoms with E-state index in [1.54, 1.807) is 7.11 Å². The largest absolute Gasteiger partial charge is 0.383 e. The lowest BCUT2D eigenvalue weighted by Gasteiger charge is -2.35. The summed E-state index contributed by atoms with van der Waals surface area (Å²) >= 11 is 0. The second-order valence-corrected chi connectivity index (χ2v) is 6.25. The first-order valence-corrected chi connectivity index (χ1v) is 8.21. The Morgan fingerprint density at radius 1 is 1.11 bits per heavy atom. The van der Waals surface area contributed by atoms with Crippen molar-refractivity contribution in [2.75, 3.05) is 33.4 Å². The van der Waals surface area contributed by atoms with Crippen molar-refractivity contribution in [3.05, 3.63) is 0 Å². The minimum Gasteiger partial charge on any atom is -0.383 e. The molecule has 2 atom stereocenters. The molecule has 3 heteroatoms. The Hall–Kier alpha value is -0.120. The lowest BCUT2D eigenvalue weighted by atomic mass is 9.81. The number of rotatable bonds is 7. The van der Waals surface area contributed by atoms with Crippen LogP contribution in [0, 0.1) is 11.8 Å². The zero-order chi connectivity index (χ0) is 13.3. The molecule has 112 valence electrons. The highest BCUT2D eigenvalue weighted by Gasteiger charge is 2.28. The summed E-state index contributed by atoms with van der Waals surface area (Å²) in [5.41, 5.74) is 0. The van der Waals surface area contributed by atoms with Gasteiger partial charge in [0.05, 0.1) is 12.7 Å². The van der Waals surface area contributed by atoms with Crippen LogP contribution in [0.4, 0.5) is 0 Å². The van der Waals surface area contributed by atoms with Gasteiger partial charge in [0.25, 0.3) is 0 Å². The van der Waals surface area contributed by atoms with Crippen molar-refractivity contribution in [2.45, 2.75) is 57.5 Å². The van der Waals surface area contributed by atoms with Gasteiger partial charge in [-0.1, -0.05) is 32.1 Å². The predicted molar refractivity (Wildman–Crippen MR) is 78.4 cm³/mol. The van der Waals surface area contributed by atoms with Gasteiger partial charge in [-0.25, -0.2) is 0 Å². The fourth-order valence-electron chi connectivity index (χ4n) is 3.61. The second-order valence-electron chi connectivity index (χ2n) is 6.25. The highest BCUT2D eigenvalue weighted by atomic mass is 16.5. The number of hydrogen-bond donors (Lipinski definition) is 1. The van der Waals surface area contributed by atoms with Crippen LogP contribution in [-0.2, 0) is 9.47 Å². The van der Waals surface area contributed by atoms with E-state index >= 15 is 0 Å². The molecular weight excluding hydrogens is 238 g/mol. The van der Waals surface area contributed by atoms with E-state index in [1.807, 2.05) is 0 Å². The molecule has 2 unspecified atom stereocenters. The van der Waals surface area contributed by atoms with Gasteiger partial charge >= 0.3 is 0 Å². The Morgan fingerprint density at radius 3 is 2.74 bits per heavy atom. The summed E-state index contributed by atoms with van der Waals surface area (Å²) in [6, 6.07) is 0. The molecule has 2 aliphatic rings. The predicted octanol–water partition coefficient (Wildman–Crippen LogP) is 2.99. The van der Waals surface area contributed by atoms with Crippen molar-refractivity contribution in [1.82, 2.24) is 5.32 Å². The zero-order valence-corrected chi connectivity index (χ0v) is 12.5. The Morgan fingerprint density at radius 2 is 1.95 bits per heavy atom. The molecule has 2 rings (SSSR count). The first-order chi connectivity index (χ1) is 9.40. The summed E-state index contributed by atoms with van der Waals surface area (Å²) in [6.45, 7) is 3.84. The molecule has 0 radical (unpaired) electrons. The van der Waals surface area contributed by atoms with E-state index < -0.39 is 0 Å². The molecule has 0 aromatic heterocycles. The van der Waals surface area contributed by atoms with Crippen molar-refractivity contribution in [1.29, 1.82) is 0 Å². The number of ether oxygens (including phenoxy) is 2. The summed E-state index contributed by atoms with van der Waals surface area (Å²) in [4.78, 5) is 0. The molecule has 1 saturated carbocycles. The van der Waals surface area contributed by atoms with Gasteiger partial charge in [-0.05, 0) is 31.1 Å². The Labute approximate surface area is 118 Å². The van der Waals surface area contributed by atoms with Crippen LogP contribution in [0.1, 0.15) is 51.4 Å². The number of nitrogens with one attached hydrogen (secondary N) is 1. The molecule has 0 amide bonds. The maximum Gasteiger partial charge on any atom is 0.0618 e. The molecule has 0 aromatic rings. The molecule has 2 fully saturated rings. The fraction of sp³-hybridized carbons (Fsp3) is 1.00. The quantitative estimate of drug-likeness (QED) is 0.721. The van der Waals surface area contributed by atoms with Crippen LogP contribution in [0.25, 0.3) is 0 Å². The molecule has 0 spiro atoms. The van der Waals surface area contributed by atoms with Crippen LogP contribution >= 0.6 is 0 Å². The third-order valence-electron chi connectivity index (χ3n) is 4.76. The van der Waals surface area contributed by atoms with Gasteiger partial charge in [-0.15, -0.1) is 0 Å². The van der Waals surface area contributed by atoms with Crippen LogP contribution in [-0.4, -0.2) is 39.5 Å². The fourth-order valence-corrected chi connectivity index (χ4v) is 3.61. The summed E-state index contributed by atoms with van der Waals surface area (Å²) in [7, 11) is 1.76.